The summed E-state index contributed by atoms with van der Waals surface area (Å²) in [5.74, 6) is 1.02. The van der Waals surface area contributed by atoms with Crippen molar-refractivity contribution in [2.24, 2.45) is 0 Å². The van der Waals surface area contributed by atoms with Crippen molar-refractivity contribution in [3.05, 3.63) is 48.5 Å². The number of nitrogens with one attached hydrogen (secondary N) is 2. The summed E-state index contributed by atoms with van der Waals surface area (Å²) in [6.45, 7) is 7.07. The Balaban J connectivity index is 1.68. The minimum absolute atomic E-state index is 0.154. The number of amides is 2. The largest absolute Gasteiger partial charge is 0.491 e. The van der Waals surface area contributed by atoms with Crippen molar-refractivity contribution < 1.29 is 28.5 Å². The van der Waals surface area contributed by atoms with Gasteiger partial charge in [-0.1, -0.05) is 12.1 Å². The lowest BCUT2D eigenvalue weighted by molar-refractivity contribution is -0.117. The van der Waals surface area contributed by atoms with Crippen LogP contribution in [0.1, 0.15) is 33.1 Å². The lowest BCUT2D eigenvalue weighted by atomic mass is 10.2. The van der Waals surface area contributed by atoms with Gasteiger partial charge < -0.3 is 29.6 Å². The van der Waals surface area contributed by atoms with Crippen LogP contribution in [0.15, 0.2) is 48.5 Å². The molecule has 2 aromatic carbocycles. The lowest BCUT2D eigenvalue weighted by Crippen LogP contribution is -2.15. The highest BCUT2D eigenvalue weighted by molar-refractivity contribution is 5.93. The third-order valence-electron chi connectivity index (χ3n) is 4.44. The standard InChI is InChI=1S/C25H34N2O6/c1-3-30-14-16-32-22-10-5-8-20(18-22)26-24(28)12-7-13-25(29)27-21-9-6-11-23(19-21)33-17-15-31-4-2/h5-6,8-11,18-19H,3-4,7,12-17H2,1-2H3,(H,26,28)(H,27,29). The van der Waals surface area contributed by atoms with Gasteiger partial charge in [-0.2, -0.15) is 0 Å². The van der Waals surface area contributed by atoms with Crippen LogP contribution in [0.5, 0.6) is 11.5 Å². The number of hydrogen-bond donors (Lipinski definition) is 2. The summed E-state index contributed by atoms with van der Waals surface area (Å²) in [4.78, 5) is 24.4. The van der Waals surface area contributed by atoms with Gasteiger partial charge in [0.1, 0.15) is 24.7 Å². The molecule has 0 aromatic heterocycles. The molecule has 0 fully saturated rings. The number of carbonyl (C=O) groups is 2. The first kappa shape index (κ1) is 26.2. The maximum Gasteiger partial charge on any atom is 0.224 e. The highest BCUT2D eigenvalue weighted by atomic mass is 16.5. The number of ether oxygens (including phenoxy) is 4. The van der Waals surface area contributed by atoms with Crippen LogP contribution in [-0.2, 0) is 19.1 Å². The van der Waals surface area contributed by atoms with Crippen LogP contribution < -0.4 is 20.1 Å². The first-order chi connectivity index (χ1) is 16.1. The van der Waals surface area contributed by atoms with Crippen LogP contribution >= 0.6 is 0 Å². The van der Waals surface area contributed by atoms with Crippen LogP contribution in [-0.4, -0.2) is 51.5 Å². The molecule has 180 valence electrons. The molecule has 8 nitrogen and oxygen atoms in total. The zero-order chi connectivity index (χ0) is 23.7. The summed E-state index contributed by atoms with van der Waals surface area (Å²) in [5, 5.41) is 5.67. The van der Waals surface area contributed by atoms with Gasteiger partial charge in [0.05, 0.1) is 13.2 Å². The molecule has 2 rings (SSSR count). The molecule has 0 unspecified atom stereocenters. The van der Waals surface area contributed by atoms with Gasteiger partial charge in [0.15, 0.2) is 0 Å². The van der Waals surface area contributed by atoms with Crippen molar-refractivity contribution in [1.29, 1.82) is 0 Å². The van der Waals surface area contributed by atoms with Crippen molar-refractivity contribution in [2.75, 3.05) is 50.3 Å². The first-order valence-electron chi connectivity index (χ1n) is 11.3. The maximum atomic E-state index is 12.2. The smallest absolute Gasteiger partial charge is 0.224 e. The molecule has 2 aromatic rings. The molecule has 0 saturated carbocycles. The number of benzene rings is 2. The van der Waals surface area contributed by atoms with Gasteiger partial charge in [-0.15, -0.1) is 0 Å². The number of anilines is 2. The Kier molecular flexibility index (Phi) is 12.4. The molecule has 0 radical (unpaired) electrons. The van der Waals surface area contributed by atoms with E-state index in [9.17, 15) is 9.59 Å². The fourth-order valence-electron chi connectivity index (χ4n) is 2.91. The molecule has 0 heterocycles. The Morgan fingerprint density at radius 3 is 1.58 bits per heavy atom. The number of carbonyl (C=O) groups excluding carboxylic acids is 2. The highest BCUT2D eigenvalue weighted by Crippen LogP contribution is 2.19. The van der Waals surface area contributed by atoms with Gasteiger partial charge in [-0.05, 0) is 44.5 Å². The lowest BCUT2D eigenvalue weighted by Gasteiger charge is -2.10. The molecule has 0 spiro atoms. The molecular formula is C25H34N2O6. The fraction of sp³-hybridized carbons (Fsp3) is 0.440. The van der Waals surface area contributed by atoms with E-state index in [1.165, 1.54) is 0 Å². The van der Waals surface area contributed by atoms with E-state index in [0.717, 1.165) is 0 Å². The Morgan fingerprint density at radius 1 is 0.697 bits per heavy atom. The van der Waals surface area contributed by atoms with E-state index < -0.39 is 0 Å². The third-order valence-corrected chi connectivity index (χ3v) is 4.44. The van der Waals surface area contributed by atoms with Crippen LogP contribution in [0.3, 0.4) is 0 Å². The van der Waals surface area contributed by atoms with Gasteiger partial charge in [0, 0.05) is 49.6 Å². The van der Waals surface area contributed by atoms with E-state index in [0.29, 0.717) is 68.9 Å². The third kappa shape index (κ3) is 11.4. The molecule has 8 heteroatoms. The zero-order valence-electron chi connectivity index (χ0n) is 19.4. The second kappa shape index (κ2) is 15.7. The van der Waals surface area contributed by atoms with Gasteiger partial charge >= 0.3 is 0 Å². The first-order valence-corrected chi connectivity index (χ1v) is 11.3. The summed E-state index contributed by atoms with van der Waals surface area (Å²) in [7, 11) is 0. The minimum atomic E-state index is -0.154. The highest BCUT2D eigenvalue weighted by Gasteiger charge is 2.08. The second-order valence-electron chi connectivity index (χ2n) is 7.10. The monoisotopic (exact) mass is 458 g/mol. The summed E-state index contributed by atoms with van der Waals surface area (Å²) < 4.78 is 21.7. The molecule has 0 aliphatic heterocycles. The summed E-state index contributed by atoms with van der Waals surface area (Å²) >= 11 is 0. The maximum absolute atomic E-state index is 12.2. The van der Waals surface area contributed by atoms with E-state index in [1.807, 2.05) is 38.1 Å². The summed E-state index contributed by atoms with van der Waals surface area (Å²) in [5.41, 5.74) is 1.30. The van der Waals surface area contributed by atoms with Gasteiger partial charge in [0.25, 0.3) is 0 Å². The number of hydrogen-bond acceptors (Lipinski definition) is 6. The van der Waals surface area contributed by atoms with Crippen LogP contribution in [0, 0.1) is 0 Å². The van der Waals surface area contributed by atoms with Crippen molar-refractivity contribution in [1.82, 2.24) is 0 Å². The molecule has 0 saturated heterocycles. The molecule has 0 aliphatic carbocycles. The Bertz CT molecular complexity index is 789. The quantitative estimate of drug-likeness (QED) is 0.365. The Labute approximate surface area is 195 Å². The average Bonchev–Trinajstić information content (AvgIpc) is 2.80. The predicted molar refractivity (Wildman–Crippen MR) is 128 cm³/mol. The summed E-state index contributed by atoms with van der Waals surface area (Å²) in [6.07, 6.45) is 0.916. The molecule has 33 heavy (non-hydrogen) atoms. The van der Waals surface area contributed by atoms with Crippen molar-refractivity contribution in [3.8, 4) is 11.5 Å². The fourth-order valence-corrected chi connectivity index (χ4v) is 2.91. The summed E-state index contributed by atoms with van der Waals surface area (Å²) in [6, 6.07) is 14.4. The Morgan fingerprint density at radius 2 is 1.15 bits per heavy atom. The SMILES string of the molecule is CCOCCOc1cccc(NC(=O)CCCC(=O)Nc2cccc(OCCOCC)c2)c1. The second-order valence-corrected chi connectivity index (χ2v) is 7.10. The topological polar surface area (TPSA) is 95.1 Å². The molecule has 0 atom stereocenters. The van der Waals surface area contributed by atoms with Crippen molar-refractivity contribution in [3.63, 3.8) is 0 Å². The van der Waals surface area contributed by atoms with E-state index in [2.05, 4.69) is 10.6 Å². The van der Waals surface area contributed by atoms with E-state index in [1.54, 1.807) is 24.3 Å². The molecular weight excluding hydrogens is 424 g/mol. The Hall–Kier alpha value is -3.10. The molecule has 2 amide bonds. The van der Waals surface area contributed by atoms with Crippen molar-refractivity contribution in [2.45, 2.75) is 33.1 Å². The van der Waals surface area contributed by atoms with Crippen molar-refractivity contribution >= 4 is 23.2 Å². The number of rotatable bonds is 16. The van der Waals surface area contributed by atoms with E-state index >= 15 is 0 Å². The zero-order valence-corrected chi connectivity index (χ0v) is 19.4. The minimum Gasteiger partial charge on any atom is -0.491 e. The van der Waals surface area contributed by atoms with Crippen LogP contribution in [0.2, 0.25) is 0 Å². The molecule has 0 bridgehead atoms. The predicted octanol–water partition coefficient (Wildman–Crippen LogP) is 4.26. The van der Waals surface area contributed by atoms with Crippen LogP contribution in [0.4, 0.5) is 11.4 Å². The van der Waals surface area contributed by atoms with Gasteiger partial charge in [-0.25, -0.2) is 0 Å². The molecule has 0 aliphatic rings. The normalized spacial score (nSPS) is 10.5. The molecule has 2 N–H and O–H groups in total. The average molecular weight is 459 g/mol. The van der Waals surface area contributed by atoms with E-state index in [4.69, 9.17) is 18.9 Å². The van der Waals surface area contributed by atoms with Gasteiger partial charge in [-0.3, -0.25) is 9.59 Å². The van der Waals surface area contributed by atoms with E-state index in [-0.39, 0.29) is 24.7 Å². The van der Waals surface area contributed by atoms with Crippen LogP contribution in [0.25, 0.3) is 0 Å². The van der Waals surface area contributed by atoms with Gasteiger partial charge in [0.2, 0.25) is 11.8 Å².